The van der Waals surface area contributed by atoms with Gasteiger partial charge in [-0.15, -0.1) is 0 Å². The van der Waals surface area contributed by atoms with E-state index in [1.807, 2.05) is 37.3 Å². The van der Waals surface area contributed by atoms with Gasteiger partial charge in [0.1, 0.15) is 11.4 Å². The average Bonchev–Trinajstić information content (AvgIpc) is 3.12. The van der Waals surface area contributed by atoms with Crippen molar-refractivity contribution in [1.82, 2.24) is 9.78 Å². The van der Waals surface area contributed by atoms with Gasteiger partial charge < -0.3 is 10.1 Å². The van der Waals surface area contributed by atoms with Crippen LogP contribution in [0, 0.1) is 6.92 Å². The van der Waals surface area contributed by atoms with Crippen LogP contribution < -0.4 is 16.0 Å². The van der Waals surface area contributed by atoms with Gasteiger partial charge in [0.15, 0.2) is 0 Å². The zero-order valence-corrected chi connectivity index (χ0v) is 20.8. The van der Waals surface area contributed by atoms with Crippen molar-refractivity contribution >= 4 is 29.3 Å². The summed E-state index contributed by atoms with van der Waals surface area (Å²) in [6.07, 6.45) is -0.537. The van der Waals surface area contributed by atoms with Crippen molar-refractivity contribution in [2.45, 2.75) is 59.5 Å². The minimum Gasteiger partial charge on any atom is -0.444 e. The van der Waals surface area contributed by atoms with Crippen LogP contribution in [0.2, 0.25) is 0 Å². The number of aromatic nitrogens is 2. The van der Waals surface area contributed by atoms with Crippen molar-refractivity contribution in [1.29, 1.82) is 0 Å². The highest BCUT2D eigenvalue weighted by Gasteiger charge is 2.22. The lowest BCUT2D eigenvalue weighted by atomic mass is 9.92. The predicted octanol–water partition coefficient (Wildman–Crippen LogP) is 6.47. The number of aryl methyl sites for hydroxylation is 1. The van der Waals surface area contributed by atoms with Crippen molar-refractivity contribution in [2.75, 3.05) is 16.0 Å². The monoisotopic (exact) mass is 463 g/mol. The minimum absolute atomic E-state index is 0.182. The number of ether oxygens (including phenoxy) is 1. The second-order valence-electron chi connectivity index (χ2n) is 10.2. The molecule has 0 aliphatic heterocycles. The fourth-order valence-electron chi connectivity index (χ4n) is 3.13. The highest BCUT2D eigenvalue weighted by atomic mass is 16.6. The summed E-state index contributed by atoms with van der Waals surface area (Å²) in [5.74, 6) is 0.566. The highest BCUT2D eigenvalue weighted by Crippen LogP contribution is 2.27. The summed E-state index contributed by atoms with van der Waals surface area (Å²) in [5.41, 5.74) is 3.20. The molecule has 34 heavy (non-hydrogen) atoms. The molecule has 8 heteroatoms. The maximum Gasteiger partial charge on any atom is 0.412 e. The zero-order valence-electron chi connectivity index (χ0n) is 20.8. The first-order valence-corrected chi connectivity index (χ1v) is 11.2. The first-order valence-electron chi connectivity index (χ1n) is 11.2. The van der Waals surface area contributed by atoms with E-state index in [4.69, 9.17) is 9.84 Å². The number of urea groups is 1. The molecule has 0 atom stereocenters. The molecule has 3 rings (SSSR count). The van der Waals surface area contributed by atoms with E-state index < -0.39 is 17.7 Å². The Labute approximate surface area is 200 Å². The molecule has 3 aromatic rings. The van der Waals surface area contributed by atoms with Crippen molar-refractivity contribution in [2.24, 2.45) is 0 Å². The summed E-state index contributed by atoms with van der Waals surface area (Å²) in [5, 5.41) is 13.1. The van der Waals surface area contributed by atoms with E-state index in [9.17, 15) is 9.59 Å². The van der Waals surface area contributed by atoms with Gasteiger partial charge in [-0.05, 0) is 69.7 Å². The molecule has 0 bridgehead atoms. The second-order valence-corrected chi connectivity index (χ2v) is 10.2. The Bertz CT molecular complexity index is 1170. The van der Waals surface area contributed by atoms with Crippen LogP contribution in [-0.4, -0.2) is 27.5 Å². The molecule has 2 aromatic carbocycles. The third-order valence-electron chi connectivity index (χ3n) is 4.75. The Morgan fingerprint density at radius 2 is 1.47 bits per heavy atom. The number of carbonyl (C=O) groups excluding carboxylic acids is 2. The van der Waals surface area contributed by atoms with Crippen LogP contribution in [0.4, 0.5) is 26.8 Å². The molecule has 0 saturated heterocycles. The Hall–Kier alpha value is -3.81. The topological polar surface area (TPSA) is 97.3 Å². The second kappa shape index (κ2) is 9.59. The predicted molar refractivity (Wildman–Crippen MR) is 136 cm³/mol. The third kappa shape index (κ3) is 6.84. The lowest BCUT2D eigenvalue weighted by molar-refractivity contribution is 0.0636. The Morgan fingerprint density at radius 1 is 0.853 bits per heavy atom. The van der Waals surface area contributed by atoms with Crippen LogP contribution in [0.15, 0.2) is 54.6 Å². The summed E-state index contributed by atoms with van der Waals surface area (Å²) in [7, 11) is 0. The SMILES string of the molecule is Cc1cccc(-n2nc(C(C)(C)C)cc2NC(=O)Nc2ccc(NC(=O)OC(C)(C)C)cc2)c1. The molecule has 0 aliphatic rings. The average molecular weight is 464 g/mol. The molecule has 0 saturated carbocycles. The van der Waals surface area contributed by atoms with Crippen LogP contribution in [0.5, 0.6) is 0 Å². The molecule has 3 N–H and O–H groups in total. The minimum atomic E-state index is -0.582. The quantitative estimate of drug-likeness (QED) is 0.413. The molecule has 3 amide bonds. The molecule has 0 spiro atoms. The molecule has 8 nitrogen and oxygen atoms in total. The summed E-state index contributed by atoms with van der Waals surface area (Å²) in [6, 6.07) is 16.2. The molecular weight excluding hydrogens is 430 g/mol. The van der Waals surface area contributed by atoms with Gasteiger partial charge in [0.2, 0.25) is 0 Å². The van der Waals surface area contributed by atoms with E-state index in [0.29, 0.717) is 17.2 Å². The Morgan fingerprint density at radius 3 is 2.03 bits per heavy atom. The number of nitrogens with one attached hydrogen (secondary N) is 3. The van der Waals surface area contributed by atoms with E-state index in [-0.39, 0.29) is 5.41 Å². The van der Waals surface area contributed by atoms with Gasteiger partial charge in [0, 0.05) is 22.9 Å². The first-order chi connectivity index (χ1) is 15.8. The largest absolute Gasteiger partial charge is 0.444 e. The zero-order chi connectivity index (χ0) is 25.1. The van der Waals surface area contributed by atoms with Crippen molar-refractivity contribution in [3.05, 3.63) is 65.9 Å². The van der Waals surface area contributed by atoms with Crippen LogP contribution in [0.1, 0.15) is 52.8 Å². The summed E-state index contributed by atoms with van der Waals surface area (Å²) in [4.78, 5) is 24.7. The maximum atomic E-state index is 12.8. The van der Waals surface area contributed by atoms with Crippen LogP contribution in [0.25, 0.3) is 5.69 Å². The van der Waals surface area contributed by atoms with Gasteiger partial charge in [0.25, 0.3) is 0 Å². The number of anilines is 3. The fourth-order valence-corrected chi connectivity index (χ4v) is 3.13. The van der Waals surface area contributed by atoms with E-state index in [1.165, 1.54) is 0 Å². The van der Waals surface area contributed by atoms with Crippen molar-refractivity contribution in [3.63, 3.8) is 0 Å². The number of benzene rings is 2. The van der Waals surface area contributed by atoms with Crippen LogP contribution in [0.3, 0.4) is 0 Å². The number of amides is 3. The smallest absolute Gasteiger partial charge is 0.412 e. The number of hydrogen-bond donors (Lipinski definition) is 3. The number of carbonyl (C=O) groups is 2. The Balaban J connectivity index is 1.72. The molecule has 0 unspecified atom stereocenters. The molecular formula is C26H33N5O3. The van der Waals surface area contributed by atoms with Gasteiger partial charge in [-0.2, -0.15) is 5.10 Å². The molecule has 1 heterocycles. The molecule has 0 radical (unpaired) electrons. The molecule has 1 aromatic heterocycles. The van der Waals surface area contributed by atoms with Crippen molar-refractivity contribution < 1.29 is 14.3 Å². The normalized spacial score (nSPS) is 11.6. The lowest BCUT2D eigenvalue weighted by Gasteiger charge is -2.19. The van der Waals surface area contributed by atoms with Gasteiger partial charge in [-0.25, -0.2) is 14.3 Å². The Kier molecular flexibility index (Phi) is 7.00. The van der Waals surface area contributed by atoms with Gasteiger partial charge in [-0.3, -0.25) is 10.6 Å². The summed E-state index contributed by atoms with van der Waals surface area (Å²) < 4.78 is 6.98. The summed E-state index contributed by atoms with van der Waals surface area (Å²) >= 11 is 0. The van der Waals surface area contributed by atoms with Gasteiger partial charge in [-0.1, -0.05) is 32.9 Å². The standard InChI is InChI=1S/C26H33N5O3/c1-17-9-8-10-20(15-17)31-22(16-21(30-31)25(2,3)4)29-23(32)27-18-11-13-19(14-12-18)28-24(33)34-26(5,6)7/h8-16H,1-7H3,(H,28,33)(H2,27,29,32). The van der Waals surface area contributed by atoms with E-state index in [1.54, 1.807) is 49.7 Å². The lowest BCUT2D eigenvalue weighted by Crippen LogP contribution is -2.27. The van der Waals surface area contributed by atoms with Gasteiger partial charge in [0.05, 0.1) is 11.4 Å². The fraction of sp³-hybridized carbons (Fsp3) is 0.346. The molecule has 180 valence electrons. The number of nitrogens with zero attached hydrogens (tertiary/aromatic N) is 2. The van der Waals surface area contributed by atoms with E-state index >= 15 is 0 Å². The molecule has 0 aliphatic carbocycles. The summed E-state index contributed by atoms with van der Waals surface area (Å²) in [6.45, 7) is 13.6. The maximum absolute atomic E-state index is 12.8. The van der Waals surface area contributed by atoms with E-state index in [0.717, 1.165) is 16.9 Å². The van der Waals surface area contributed by atoms with Crippen LogP contribution >= 0.6 is 0 Å². The number of hydrogen-bond acceptors (Lipinski definition) is 4. The molecule has 0 fully saturated rings. The first kappa shape index (κ1) is 24.8. The van der Waals surface area contributed by atoms with Crippen LogP contribution in [-0.2, 0) is 10.2 Å². The van der Waals surface area contributed by atoms with Crippen molar-refractivity contribution in [3.8, 4) is 5.69 Å². The number of rotatable bonds is 4. The van der Waals surface area contributed by atoms with E-state index in [2.05, 4.69) is 36.7 Å². The van der Waals surface area contributed by atoms with Gasteiger partial charge >= 0.3 is 12.1 Å². The third-order valence-corrected chi connectivity index (χ3v) is 4.75. The highest BCUT2D eigenvalue weighted by molar-refractivity contribution is 5.99.